The third-order valence-corrected chi connectivity index (χ3v) is 5.00. The molecule has 1 amide bonds. The Balaban J connectivity index is 0.000000416. The highest BCUT2D eigenvalue weighted by molar-refractivity contribution is 6.42. The van der Waals surface area contributed by atoms with E-state index in [9.17, 15) is 14.4 Å². The third-order valence-electron chi connectivity index (χ3n) is 4.26. The lowest BCUT2D eigenvalue weighted by Gasteiger charge is -2.23. The number of benzene rings is 1. The molecule has 0 radical (unpaired) electrons. The van der Waals surface area contributed by atoms with Crippen molar-refractivity contribution in [1.82, 2.24) is 5.32 Å². The van der Waals surface area contributed by atoms with Gasteiger partial charge in [-0.3, -0.25) is 4.79 Å². The maximum absolute atomic E-state index is 12.2. The molecular weight excluding hydrogens is 407 g/mol. The van der Waals surface area contributed by atoms with Gasteiger partial charge in [-0.2, -0.15) is 0 Å². The van der Waals surface area contributed by atoms with Crippen LogP contribution in [0.15, 0.2) is 30.4 Å². The van der Waals surface area contributed by atoms with E-state index in [0.717, 1.165) is 25.2 Å². The molecule has 1 aromatic rings. The van der Waals surface area contributed by atoms with E-state index >= 15 is 0 Å². The van der Waals surface area contributed by atoms with Crippen LogP contribution in [0.25, 0.3) is 0 Å². The van der Waals surface area contributed by atoms with Gasteiger partial charge >= 0.3 is 11.9 Å². The fraction of sp³-hybridized carbons (Fsp3) is 0.421. The van der Waals surface area contributed by atoms with Gasteiger partial charge < -0.3 is 20.4 Å². The van der Waals surface area contributed by atoms with Gasteiger partial charge in [0.15, 0.2) is 0 Å². The summed E-state index contributed by atoms with van der Waals surface area (Å²) in [6.07, 6.45) is 5.01. The second-order valence-electron chi connectivity index (χ2n) is 6.29. The molecule has 28 heavy (non-hydrogen) atoms. The van der Waals surface area contributed by atoms with Crippen molar-refractivity contribution in [3.05, 3.63) is 40.4 Å². The smallest absolute Gasteiger partial charge is 0.328 e. The van der Waals surface area contributed by atoms with Crippen LogP contribution in [0.1, 0.15) is 25.7 Å². The molecule has 154 valence electrons. The molecule has 1 aromatic carbocycles. The summed E-state index contributed by atoms with van der Waals surface area (Å²) in [7, 11) is 1.78. The van der Waals surface area contributed by atoms with Crippen molar-refractivity contribution in [3.8, 4) is 0 Å². The summed E-state index contributed by atoms with van der Waals surface area (Å²) in [5.74, 6) is -1.72. The monoisotopic (exact) mass is 430 g/mol. The Kier molecular flexibility index (Phi) is 10.6. The van der Waals surface area contributed by atoms with Crippen LogP contribution < -0.4 is 10.2 Å². The number of hydrogen-bond acceptors (Lipinski definition) is 4. The molecule has 1 heterocycles. The van der Waals surface area contributed by atoms with Gasteiger partial charge in [0.25, 0.3) is 0 Å². The molecule has 1 aliphatic rings. The number of piperidine rings is 1. The Morgan fingerprint density at radius 1 is 1.11 bits per heavy atom. The van der Waals surface area contributed by atoms with Crippen molar-refractivity contribution in [2.75, 3.05) is 25.0 Å². The van der Waals surface area contributed by atoms with Crippen LogP contribution in [0, 0.1) is 5.92 Å². The fourth-order valence-corrected chi connectivity index (χ4v) is 2.94. The van der Waals surface area contributed by atoms with Crippen molar-refractivity contribution >= 4 is 46.7 Å². The first kappa shape index (κ1) is 23.9. The van der Waals surface area contributed by atoms with E-state index in [1.54, 1.807) is 24.1 Å². The molecule has 0 saturated carbocycles. The van der Waals surface area contributed by atoms with Crippen molar-refractivity contribution in [3.63, 3.8) is 0 Å². The number of aliphatic carboxylic acids is 2. The third kappa shape index (κ3) is 9.21. The molecule has 2 rings (SSSR count). The summed E-state index contributed by atoms with van der Waals surface area (Å²) in [4.78, 5) is 33.0. The number of nitrogens with zero attached hydrogens (tertiary/aromatic N) is 1. The number of carboxylic acid groups (broad SMARTS) is 2. The number of carboxylic acids is 2. The normalized spacial score (nSPS) is 14.2. The largest absolute Gasteiger partial charge is 0.478 e. The molecule has 1 fully saturated rings. The molecule has 0 aliphatic carbocycles. The molecule has 0 spiro atoms. The number of halogens is 2. The number of anilines is 1. The summed E-state index contributed by atoms with van der Waals surface area (Å²) in [6.45, 7) is 2.14. The van der Waals surface area contributed by atoms with Crippen molar-refractivity contribution in [1.29, 1.82) is 0 Å². The van der Waals surface area contributed by atoms with Crippen LogP contribution in [0.4, 0.5) is 5.69 Å². The van der Waals surface area contributed by atoms with E-state index in [-0.39, 0.29) is 5.91 Å². The highest BCUT2D eigenvalue weighted by atomic mass is 35.5. The van der Waals surface area contributed by atoms with Gasteiger partial charge in [0, 0.05) is 31.3 Å². The molecule has 0 bridgehead atoms. The van der Waals surface area contributed by atoms with Gasteiger partial charge in [-0.1, -0.05) is 23.2 Å². The van der Waals surface area contributed by atoms with Crippen LogP contribution in [0.5, 0.6) is 0 Å². The quantitative estimate of drug-likeness (QED) is 0.596. The first-order valence-corrected chi connectivity index (χ1v) is 9.52. The zero-order valence-electron chi connectivity index (χ0n) is 15.5. The molecule has 0 atom stereocenters. The molecule has 1 aliphatic heterocycles. The molecule has 3 N–H and O–H groups in total. The highest BCUT2D eigenvalue weighted by Gasteiger charge is 2.17. The number of hydrogen-bond donors (Lipinski definition) is 3. The van der Waals surface area contributed by atoms with Crippen molar-refractivity contribution in [2.45, 2.75) is 25.7 Å². The first-order valence-electron chi connectivity index (χ1n) is 8.77. The van der Waals surface area contributed by atoms with E-state index in [4.69, 9.17) is 33.4 Å². The predicted octanol–water partition coefficient (Wildman–Crippen LogP) is 3.45. The minimum atomic E-state index is -1.26. The van der Waals surface area contributed by atoms with Crippen LogP contribution in [0.3, 0.4) is 0 Å². The summed E-state index contributed by atoms with van der Waals surface area (Å²) in [5, 5.41) is 19.9. The summed E-state index contributed by atoms with van der Waals surface area (Å²) in [6, 6.07) is 5.26. The van der Waals surface area contributed by atoms with Crippen molar-refractivity contribution in [2.24, 2.45) is 5.92 Å². The molecule has 7 nitrogen and oxygen atoms in total. The van der Waals surface area contributed by atoms with E-state index in [2.05, 4.69) is 5.32 Å². The van der Waals surface area contributed by atoms with Gasteiger partial charge in [-0.25, -0.2) is 9.59 Å². The maximum atomic E-state index is 12.2. The zero-order valence-corrected chi connectivity index (χ0v) is 17.0. The Morgan fingerprint density at radius 3 is 2.18 bits per heavy atom. The Hall–Kier alpha value is -2.09. The van der Waals surface area contributed by atoms with Crippen LogP contribution in [-0.2, 0) is 14.4 Å². The number of carbonyl (C=O) groups excluding carboxylic acids is 1. The van der Waals surface area contributed by atoms with Crippen LogP contribution in [0.2, 0.25) is 10.0 Å². The Labute approximate surface area is 173 Å². The minimum absolute atomic E-state index is 0.127. The first-order chi connectivity index (χ1) is 13.2. The van der Waals surface area contributed by atoms with E-state index in [1.807, 2.05) is 6.07 Å². The number of carbonyl (C=O) groups is 3. The fourth-order valence-electron chi connectivity index (χ4n) is 2.65. The Morgan fingerprint density at radius 2 is 1.68 bits per heavy atom. The van der Waals surface area contributed by atoms with Crippen LogP contribution >= 0.6 is 23.2 Å². The molecule has 9 heteroatoms. The number of amides is 1. The second kappa shape index (κ2) is 12.4. The van der Waals surface area contributed by atoms with Crippen molar-refractivity contribution < 1.29 is 24.6 Å². The summed E-state index contributed by atoms with van der Waals surface area (Å²) < 4.78 is 0. The van der Waals surface area contributed by atoms with Gasteiger partial charge in [0.1, 0.15) is 0 Å². The minimum Gasteiger partial charge on any atom is -0.478 e. The van der Waals surface area contributed by atoms with Gasteiger partial charge in [-0.15, -0.1) is 0 Å². The topological polar surface area (TPSA) is 107 Å². The lowest BCUT2D eigenvalue weighted by Crippen LogP contribution is -2.30. The van der Waals surface area contributed by atoms with E-state index < -0.39 is 11.9 Å². The lowest BCUT2D eigenvalue weighted by molar-refractivity contribution is -0.134. The average Bonchev–Trinajstić information content (AvgIpc) is 2.67. The standard InChI is InChI=1S/C15H20Cl2N2O.C4H4O4/c1-19(12-3-4-13(16)14(17)10-12)15(20)5-2-11-6-8-18-9-7-11;5-3(6)1-2-4(7)8/h3-4,10-11,18H,2,5-9H2,1H3;1-2H,(H,5,6)(H,7,8)/b;2-1+. The highest BCUT2D eigenvalue weighted by Crippen LogP contribution is 2.27. The predicted molar refractivity (Wildman–Crippen MR) is 109 cm³/mol. The van der Waals surface area contributed by atoms with Gasteiger partial charge in [0.05, 0.1) is 10.0 Å². The Bertz CT molecular complexity index is 702. The molecule has 0 unspecified atom stereocenters. The number of rotatable bonds is 6. The van der Waals surface area contributed by atoms with Crippen LogP contribution in [-0.4, -0.2) is 48.2 Å². The molecular formula is C19H24Cl2N2O5. The van der Waals surface area contributed by atoms with E-state index in [0.29, 0.717) is 34.5 Å². The maximum Gasteiger partial charge on any atom is 0.328 e. The molecule has 1 saturated heterocycles. The zero-order chi connectivity index (χ0) is 21.1. The van der Waals surface area contributed by atoms with Gasteiger partial charge in [-0.05, 0) is 56.5 Å². The SMILES string of the molecule is CN(C(=O)CCC1CCNCC1)c1ccc(Cl)c(Cl)c1.O=C(O)/C=C/C(=O)O. The summed E-state index contributed by atoms with van der Waals surface area (Å²) >= 11 is 11.9. The summed E-state index contributed by atoms with van der Waals surface area (Å²) in [5.41, 5.74) is 0.787. The average molecular weight is 431 g/mol. The molecule has 0 aromatic heterocycles. The number of nitrogens with one attached hydrogen (secondary N) is 1. The van der Waals surface area contributed by atoms with Gasteiger partial charge in [0.2, 0.25) is 5.91 Å². The second-order valence-corrected chi connectivity index (χ2v) is 7.11. The van der Waals surface area contributed by atoms with E-state index in [1.165, 1.54) is 12.8 Å². The lowest BCUT2D eigenvalue weighted by atomic mass is 9.93.